The normalized spacial score (nSPS) is 23.6. The van der Waals surface area contributed by atoms with Gasteiger partial charge in [0.1, 0.15) is 12.7 Å². The molecule has 2 aromatic heterocycles. The lowest BCUT2D eigenvalue weighted by molar-refractivity contribution is -0.145. The number of carbonyl (C=O) groups excluding carboxylic acids is 1. The second-order valence-corrected chi connectivity index (χ2v) is 6.25. The molecule has 1 aliphatic carbocycles. The van der Waals surface area contributed by atoms with Gasteiger partial charge in [-0.15, -0.1) is 0 Å². The Morgan fingerprint density at radius 3 is 2.83 bits per heavy atom. The molecule has 3 rings (SSSR count). The Morgan fingerprint density at radius 2 is 2.21 bits per heavy atom. The highest BCUT2D eigenvalue weighted by molar-refractivity contribution is 5.94. The fraction of sp³-hybridized carbons (Fsp3) is 0.438. The van der Waals surface area contributed by atoms with E-state index in [2.05, 4.69) is 20.4 Å². The molecule has 1 saturated carbocycles. The van der Waals surface area contributed by atoms with E-state index >= 15 is 0 Å². The molecule has 2 unspecified atom stereocenters. The maximum atomic E-state index is 12.5. The number of aromatic nitrogens is 4. The molecule has 24 heavy (non-hydrogen) atoms. The van der Waals surface area contributed by atoms with Crippen molar-refractivity contribution in [3.8, 4) is 5.82 Å². The molecule has 1 amide bonds. The van der Waals surface area contributed by atoms with Gasteiger partial charge in [0, 0.05) is 6.20 Å². The van der Waals surface area contributed by atoms with E-state index in [1.807, 2.05) is 0 Å². The van der Waals surface area contributed by atoms with Crippen LogP contribution in [-0.4, -0.2) is 42.3 Å². The van der Waals surface area contributed by atoms with Crippen molar-refractivity contribution >= 4 is 11.9 Å². The van der Waals surface area contributed by atoms with Gasteiger partial charge in [0.15, 0.2) is 5.82 Å². The van der Waals surface area contributed by atoms with Crippen LogP contribution in [0.25, 0.3) is 5.82 Å². The fourth-order valence-electron chi connectivity index (χ4n) is 3.19. The number of aliphatic carboxylic acids is 1. The molecular formula is C16H19N5O3. The minimum absolute atomic E-state index is 0.316. The molecule has 0 saturated heterocycles. The van der Waals surface area contributed by atoms with Crippen LogP contribution in [0.5, 0.6) is 0 Å². The number of nitrogens with one attached hydrogen (secondary N) is 1. The monoisotopic (exact) mass is 329 g/mol. The van der Waals surface area contributed by atoms with Crippen LogP contribution >= 0.6 is 0 Å². The smallest absolute Gasteiger partial charge is 0.308 e. The number of carboxylic acids is 1. The van der Waals surface area contributed by atoms with Gasteiger partial charge < -0.3 is 10.4 Å². The Labute approximate surface area is 138 Å². The maximum absolute atomic E-state index is 12.5. The molecular weight excluding hydrogens is 310 g/mol. The van der Waals surface area contributed by atoms with E-state index in [1.54, 1.807) is 19.1 Å². The SMILES string of the molecule is CC1(NC(=O)c2ccc(-n3cncn3)nc2)CCCCC1C(=O)O. The molecule has 8 nitrogen and oxygen atoms in total. The van der Waals surface area contributed by atoms with E-state index in [9.17, 15) is 14.7 Å². The van der Waals surface area contributed by atoms with Gasteiger partial charge in [-0.3, -0.25) is 9.59 Å². The number of carboxylic acid groups (broad SMARTS) is 1. The molecule has 1 aliphatic rings. The van der Waals surface area contributed by atoms with Crippen molar-refractivity contribution in [2.24, 2.45) is 5.92 Å². The minimum atomic E-state index is -0.864. The van der Waals surface area contributed by atoms with Gasteiger partial charge in [-0.05, 0) is 31.9 Å². The van der Waals surface area contributed by atoms with Gasteiger partial charge in [-0.2, -0.15) is 5.10 Å². The van der Waals surface area contributed by atoms with E-state index in [0.29, 0.717) is 24.2 Å². The van der Waals surface area contributed by atoms with Crippen LogP contribution in [0, 0.1) is 5.92 Å². The number of carbonyl (C=O) groups is 2. The third kappa shape index (κ3) is 3.12. The van der Waals surface area contributed by atoms with Crippen LogP contribution in [0.2, 0.25) is 0 Å². The van der Waals surface area contributed by atoms with Gasteiger partial charge >= 0.3 is 5.97 Å². The van der Waals surface area contributed by atoms with E-state index < -0.39 is 17.4 Å². The standard InChI is InChI=1S/C16H19N5O3/c1-16(7-3-2-4-12(16)15(23)24)20-14(22)11-5-6-13(18-8-11)21-10-17-9-19-21/h5-6,8-10,12H,2-4,7H2,1H3,(H,20,22)(H,23,24). The Bertz CT molecular complexity index is 729. The number of amides is 1. The van der Waals surface area contributed by atoms with E-state index in [4.69, 9.17) is 0 Å². The first kappa shape index (κ1) is 16.1. The summed E-state index contributed by atoms with van der Waals surface area (Å²) in [6.07, 6.45) is 7.38. The third-order valence-corrected chi connectivity index (χ3v) is 4.57. The van der Waals surface area contributed by atoms with E-state index in [1.165, 1.54) is 23.5 Å². The first-order chi connectivity index (χ1) is 11.5. The largest absolute Gasteiger partial charge is 0.481 e. The molecule has 0 bridgehead atoms. The van der Waals surface area contributed by atoms with Gasteiger partial charge in [0.25, 0.3) is 5.91 Å². The second kappa shape index (κ2) is 6.38. The number of hydrogen-bond acceptors (Lipinski definition) is 5. The minimum Gasteiger partial charge on any atom is -0.481 e. The highest BCUT2D eigenvalue weighted by atomic mass is 16.4. The summed E-state index contributed by atoms with van der Waals surface area (Å²) in [4.78, 5) is 32.0. The molecule has 2 N–H and O–H groups in total. The molecule has 2 heterocycles. The maximum Gasteiger partial charge on any atom is 0.308 e. The lowest BCUT2D eigenvalue weighted by atomic mass is 9.74. The molecule has 2 aromatic rings. The first-order valence-corrected chi connectivity index (χ1v) is 7.86. The van der Waals surface area contributed by atoms with Gasteiger partial charge in [-0.25, -0.2) is 14.6 Å². The van der Waals surface area contributed by atoms with Crippen molar-refractivity contribution in [1.29, 1.82) is 0 Å². The van der Waals surface area contributed by atoms with Crippen molar-refractivity contribution in [3.05, 3.63) is 36.5 Å². The molecule has 126 valence electrons. The molecule has 0 spiro atoms. The lowest BCUT2D eigenvalue weighted by Crippen LogP contribution is -2.55. The highest BCUT2D eigenvalue weighted by Gasteiger charge is 2.42. The van der Waals surface area contributed by atoms with Crippen molar-refractivity contribution < 1.29 is 14.7 Å². The summed E-state index contributed by atoms with van der Waals surface area (Å²) >= 11 is 0. The molecule has 1 fully saturated rings. The topological polar surface area (TPSA) is 110 Å². The number of rotatable bonds is 4. The molecule has 0 radical (unpaired) electrons. The van der Waals surface area contributed by atoms with E-state index in [-0.39, 0.29) is 5.91 Å². The summed E-state index contributed by atoms with van der Waals surface area (Å²) in [6, 6.07) is 3.31. The third-order valence-electron chi connectivity index (χ3n) is 4.57. The zero-order valence-corrected chi connectivity index (χ0v) is 13.3. The van der Waals surface area contributed by atoms with Gasteiger partial charge in [-0.1, -0.05) is 12.8 Å². The zero-order valence-electron chi connectivity index (χ0n) is 13.3. The number of hydrogen-bond donors (Lipinski definition) is 2. The average Bonchev–Trinajstić information content (AvgIpc) is 3.09. The predicted octanol–water partition coefficient (Wildman–Crippen LogP) is 1.43. The summed E-state index contributed by atoms with van der Waals surface area (Å²) in [5.74, 6) is -1.20. The highest BCUT2D eigenvalue weighted by Crippen LogP contribution is 2.34. The van der Waals surface area contributed by atoms with Gasteiger partial charge in [0.2, 0.25) is 0 Å². The zero-order chi connectivity index (χ0) is 17.2. The van der Waals surface area contributed by atoms with Crippen LogP contribution in [0.3, 0.4) is 0 Å². The molecule has 0 aromatic carbocycles. The van der Waals surface area contributed by atoms with Gasteiger partial charge in [0.05, 0.1) is 17.0 Å². The van der Waals surface area contributed by atoms with Crippen molar-refractivity contribution in [1.82, 2.24) is 25.1 Å². The van der Waals surface area contributed by atoms with Crippen molar-refractivity contribution in [3.63, 3.8) is 0 Å². The lowest BCUT2D eigenvalue weighted by Gasteiger charge is -2.39. The molecule has 8 heteroatoms. The average molecular weight is 329 g/mol. The Balaban J connectivity index is 1.75. The summed E-state index contributed by atoms with van der Waals surface area (Å²) in [5.41, 5.74) is -0.360. The van der Waals surface area contributed by atoms with Crippen LogP contribution in [0.15, 0.2) is 31.0 Å². The Hall–Kier alpha value is -2.77. The Kier molecular flexibility index (Phi) is 4.28. The quantitative estimate of drug-likeness (QED) is 0.878. The first-order valence-electron chi connectivity index (χ1n) is 7.86. The summed E-state index contributed by atoms with van der Waals surface area (Å²) in [6.45, 7) is 1.81. The van der Waals surface area contributed by atoms with Crippen molar-refractivity contribution in [2.75, 3.05) is 0 Å². The van der Waals surface area contributed by atoms with E-state index in [0.717, 1.165) is 12.8 Å². The van der Waals surface area contributed by atoms with Crippen molar-refractivity contribution in [2.45, 2.75) is 38.1 Å². The summed E-state index contributed by atoms with van der Waals surface area (Å²) < 4.78 is 1.49. The summed E-state index contributed by atoms with van der Waals surface area (Å²) in [7, 11) is 0. The van der Waals surface area contributed by atoms with Crippen LogP contribution < -0.4 is 5.32 Å². The number of nitrogens with zero attached hydrogens (tertiary/aromatic N) is 4. The predicted molar refractivity (Wildman–Crippen MR) is 84.6 cm³/mol. The Morgan fingerprint density at radius 1 is 1.38 bits per heavy atom. The molecule has 0 aliphatic heterocycles. The van der Waals surface area contributed by atoms with Crippen LogP contribution in [-0.2, 0) is 4.79 Å². The summed E-state index contributed by atoms with van der Waals surface area (Å²) in [5, 5.41) is 16.3. The van der Waals surface area contributed by atoms with Crippen LogP contribution in [0.4, 0.5) is 0 Å². The second-order valence-electron chi connectivity index (χ2n) is 6.25. The van der Waals surface area contributed by atoms with Crippen LogP contribution in [0.1, 0.15) is 43.0 Å². The molecule has 2 atom stereocenters. The fourth-order valence-corrected chi connectivity index (χ4v) is 3.19. The number of pyridine rings is 1.